The molecule has 1 saturated heterocycles. The Bertz CT molecular complexity index is 733. The topological polar surface area (TPSA) is 74.8 Å². The minimum Gasteiger partial charge on any atom is -0.377 e. The van der Waals surface area contributed by atoms with Gasteiger partial charge in [-0.1, -0.05) is 39.8 Å². The maximum Gasteiger partial charge on any atom is 0.251 e. The van der Waals surface area contributed by atoms with Crippen LogP contribution in [0.15, 0.2) is 29.3 Å². The molecule has 3 atom stereocenters. The molecule has 182 valence electrons. The van der Waals surface area contributed by atoms with Gasteiger partial charge in [-0.05, 0) is 56.2 Å². The van der Waals surface area contributed by atoms with E-state index < -0.39 is 0 Å². The van der Waals surface area contributed by atoms with Crippen molar-refractivity contribution < 1.29 is 9.53 Å². The summed E-state index contributed by atoms with van der Waals surface area (Å²) in [7, 11) is 0. The molecular weight excluding hydrogens is 515 g/mol. The summed E-state index contributed by atoms with van der Waals surface area (Å²) in [5, 5.41) is 9.87. The Hall–Kier alpha value is -1.35. The number of hydrogen-bond acceptors (Lipinski definition) is 3. The molecule has 2 rings (SSSR count). The van der Waals surface area contributed by atoms with Crippen LogP contribution in [0.4, 0.5) is 0 Å². The van der Waals surface area contributed by atoms with Gasteiger partial charge in [-0.25, -0.2) is 4.99 Å². The SMILES string of the molecule is CCNC(=NCc1cccc(C(=O)NC(C)CC)c1)NCC1CCCOC1C(C)(C)C.I. The third kappa shape index (κ3) is 9.25. The van der Waals surface area contributed by atoms with Gasteiger partial charge in [0.15, 0.2) is 5.96 Å². The fourth-order valence-electron chi connectivity index (χ4n) is 3.97. The number of nitrogens with one attached hydrogen (secondary N) is 3. The highest BCUT2D eigenvalue weighted by molar-refractivity contribution is 14.0. The molecule has 6 nitrogen and oxygen atoms in total. The summed E-state index contributed by atoms with van der Waals surface area (Å²) in [6.07, 6.45) is 3.44. The standard InChI is InChI=1S/C25H42N4O2.HI/c1-7-18(3)29-23(30)20-12-9-11-19(15-20)16-27-24(26-8-2)28-17-21-13-10-14-31-22(21)25(4,5)6;/h9,11-12,15,18,21-22H,7-8,10,13-14,16-17H2,1-6H3,(H,29,30)(H2,26,27,28);1H. The maximum absolute atomic E-state index is 12.4. The van der Waals surface area contributed by atoms with Crippen molar-refractivity contribution >= 4 is 35.8 Å². The smallest absolute Gasteiger partial charge is 0.251 e. The molecule has 0 aliphatic carbocycles. The van der Waals surface area contributed by atoms with Gasteiger partial charge < -0.3 is 20.7 Å². The maximum atomic E-state index is 12.4. The number of rotatable bonds is 8. The van der Waals surface area contributed by atoms with Crippen molar-refractivity contribution in [3.05, 3.63) is 35.4 Å². The Morgan fingerprint density at radius 2 is 2.00 bits per heavy atom. The highest BCUT2D eigenvalue weighted by atomic mass is 127. The van der Waals surface area contributed by atoms with Crippen molar-refractivity contribution in [1.82, 2.24) is 16.0 Å². The van der Waals surface area contributed by atoms with E-state index >= 15 is 0 Å². The largest absolute Gasteiger partial charge is 0.377 e. The first-order valence-electron chi connectivity index (χ1n) is 11.8. The van der Waals surface area contributed by atoms with Crippen LogP contribution in [0.2, 0.25) is 0 Å². The lowest BCUT2D eigenvalue weighted by atomic mass is 9.78. The highest BCUT2D eigenvalue weighted by Crippen LogP contribution is 2.33. The molecule has 1 aromatic carbocycles. The molecule has 0 aromatic heterocycles. The minimum absolute atomic E-state index is 0. The van der Waals surface area contributed by atoms with Crippen LogP contribution in [0.3, 0.4) is 0 Å². The van der Waals surface area contributed by atoms with Crippen LogP contribution in [0, 0.1) is 11.3 Å². The summed E-state index contributed by atoms with van der Waals surface area (Å²) in [4.78, 5) is 17.2. The van der Waals surface area contributed by atoms with Crippen LogP contribution in [0.1, 0.15) is 76.7 Å². The van der Waals surface area contributed by atoms with E-state index in [0.717, 1.165) is 44.1 Å². The predicted octanol–water partition coefficient (Wildman–Crippen LogP) is 4.73. The van der Waals surface area contributed by atoms with Crippen molar-refractivity contribution in [2.24, 2.45) is 16.3 Å². The summed E-state index contributed by atoms with van der Waals surface area (Å²) in [6, 6.07) is 7.88. The van der Waals surface area contributed by atoms with Gasteiger partial charge in [0.05, 0.1) is 12.6 Å². The van der Waals surface area contributed by atoms with Gasteiger partial charge in [0.25, 0.3) is 5.91 Å². The van der Waals surface area contributed by atoms with E-state index in [2.05, 4.69) is 50.6 Å². The minimum atomic E-state index is -0.0317. The summed E-state index contributed by atoms with van der Waals surface area (Å²) in [6.45, 7) is 15.9. The average Bonchev–Trinajstić information content (AvgIpc) is 2.75. The number of benzene rings is 1. The van der Waals surface area contributed by atoms with E-state index in [1.54, 1.807) is 0 Å². The van der Waals surface area contributed by atoms with Gasteiger partial charge >= 0.3 is 0 Å². The van der Waals surface area contributed by atoms with Crippen LogP contribution in [-0.2, 0) is 11.3 Å². The van der Waals surface area contributed by atoms with Crippen LogP contribution < -0.4 is 16.0 Å². The van der Waals surface area contributed by atoms with E-state index in [1.165, 1.54) is 6.42 Å². The van der Waals surface area contributed by atoms with Crippen LogP contribution >= 0.6 is 24.0 Å². The number of amides is 1. The second-order valence-corrected chi connectivity index (χ2v) is 9.62. The van der Waals surface area contributed by atoms with Gasteiger partial charge in [-0.3, -0.25) is 4.79 Å². The molecule has 7 heteroatoms. The van der Waals surface area contributed by atoms with Crippen molar-refractivity contribution in [2.45, 2.75) is 79.5 Å². The second-order valence-electron chi connectivity index (χ2n) is 9.62. The first-order valence-corrected chi connectivity index (χ1v) is 11.8. The lowest BCUT2D eigenvalue weighted by Gasteiger charge is -2.40. The highest BCUT2D eigenvalue weighted by Gasteiger charge is 2.35. The lowest BCUT2D eigenvalue weighted by Crippen LogP contribution is -2.47. The van der Waals surface area contributed by atoms with Crippen LogP contribution in [0.5, 0.6) is 0 Å². The molecule has 1 aliphatic heterocycles. The molecule has 1 aromatic rings. The van der Waals surface area contributed by atoms with Crippen molar-refractivity contribution in [3.63, 3.8) is 0 Å². The number of hydrogen-bond donors (Lipinski definition) is 3. The fourth-order valence-corrected chi connectivity index (χ4v) is 3.97. The van der Waals surface area contributed by atoms with E-state index in [4.69, 9.17) is 9.73 Å². The number of halogens is 1. The zero-order chi connectivity index (χ0) is 22.9. The molecule has 3 N–H and O–H groups in total. The Balaban J connectivity index is 0.00000512. The van der Waals surface area contributed by atoms with E-state index in [-0.39, 0.29) is 47.4 Å². The average molecular weight is 559 g/mol. The molecule has 0 radical (unpaired) electrons. The number of ether oxygens (including phenoxy) is 1. The molecule has 1 amide bonds. The van der Waals surface area contributed by atoms with E-state index in [0.29, 0.717) is 18.0 Å². The normalized spacial score (nSPS) is 20.1. The molecule has 1 aliphatic rings. The zero-order valence-corrected chi connectivity index (χ0v) is 23.0. The summed E-state index contributed by atoms with van der Waals surface area (Å²) < 4.78 is 6.11. The number of aliphatic imine (C=N–C) groups is 1. The summed E-state index contributed by atoms with van der Waals surface area (Å²) in [5.74, 6) is 1.23. The van der Waals surface area contributed by atoms with Crippen molar-refractivity contribution in [3.8, 4) is 0 Å². The molecular formula is C25H43IN4O2. The molecule has 32 heavy (non-hydrogen) atoms. The molecule has 0 saturated carbocycles. The third-order valence-electron chi connectivity index (χ3n) is 5.77. The summed E-state index contributed by atoms with van der Waals surface area (Å²) in [5.41, 5.74) is 1.82. The summed E-state index contributed by atoms with van der Waals surface area (Å²) >= 11 is 0. The van der Waals surface area contributed by atoms with Crippen molar-refractivity contribution in [1.29, 1.82) is 0 Å². The molecule has 1 fully saturated rings. The molecule has 3 unspecified atom stereocenters. The van der Waals surface area contributed by atoms with Gasteiger partial charge in [-0.15, -0.1) is 24.0 Å². The van der Waals surface area contributed by atoms with Gasteiger partial charge in [0.2, 0.25) is 0 Å². The Morgan fingerprint density at radius 1 is 1.25 bits per heavy atom. The molecule has 0 bridgehead atoms. The Labute approximate surface area is 211 Å². The van der Waals surface area contributed by atoms with Crippen LogP contribution in [-0.4, -0.2) is 43.7 Å². The lowest BCUT2D eigenvalue weighted by molar-refractivity contribution is -0.0835. The quantitative estimate of drug-likeness (QED) is 0.245. The number of guanidine groups is 1. The van der Waals surface area contributed by atoms with E-state index in [1.807, 2.05) is 31.2 Å². The first-order chi connectivity index (χ1) is 14.7. The number of carbonyl (C=O) groups is 1. The number of nitrogens with zero attached hydrogens (tertiary/aromatic N) is 1. The van der Waals surface area contributed by atoms with Gasteiger partial charge in [0.1, 0.15) is 0 Å². The Morgan fingerprint density at radius 3 is 2.66 bits per heavy atom. The van der Waals surface area contributed by atoms with Crippen molar-refractivity contribution in [2.75, 3.05) is 19.7 Å². The zero-order valence-electron chi connectivity index (χ0n) is 20.7. The van der Waals surface area contributed by atoms with E-state index in [9.17, 15) is 4.79 Å². The first kappa shape index (κ1) is 28.7. The fraction of sp³-hybridized carbons (Fsp3) is 0.680. The monoisotopic (exact) mass is 558 g/mol. The molecule has 0 spiro atoms. The predicted molar refractivity (Wildman–Crippen MR) is 144 cm³/mol. The van der Waals surface area contributed by atoms with Gasteiger partial charge in [-0.2, -0.15) is 0 Å². The van der Waals surface area contributed by atoms with Gasteiger partial charge in [0, 0.05) is 37.2 Å². The third-order valence-corrected chi connectivity index (χ3v) is 5.77. The second kappa shape index (κ2) is 14.0. The number of carbonyl (C=O) groups excluding carboxylic acids is 1. The molecule has 1 heterocycles. The van der Waals surface area contributed by atoms with Crippen LogP contribution in [0.25, 0.3) is 0 Å². The Kier molecular flexibility index (Phi) is 12.6.